The standard InChI is InChI=1S/C10H8N4O2/c1-14-9(6-3-2-4-16-6)13-8-10(14)12-7(15)5-11-8/h2-5H,1H3,(H,12,15). The van der Waals surface area contributed by atoms with E-state index in [0.29, 0.717) is 22.9 Å². The zero-order valence-electron chi connectivity index (χ0n) is 8.47. The Morgan fingerprint density at radius 2 is 2.38 bits per heavy atom. The Labute approximate surface area is 89.6 Å². The van der Waals surface area contributed by atoms with Gasteiger partial charge in [0.1, 0.15) is 0 Å². The zero-order valence-corrected chi connectivity index (χ0v) is 8.47. The zero-order chi connectivity index (χ0) is 11.1. The van der Waals surface area contributed by atoms with Gasteiger partial charge in [-0.2, -0.15) is 0 Å². The molecule has 0 spiro atoms. The van der Waals surface area contributed by atoms with Crippen LogP contribution < -0.4 is 5.56 Å². The summed E-state index contributed by atoms with van der Waals surface area (Å²) >= 11 is 0. The number of aryl methyl sites for hydroxylation is 1. The first kappa shape index (κ1) is 8.90. The molecule has 1 N–H and O–H groups in total. The smallest absolute Gasteiger partial charge is 0.268 e. The number of aromatic nitrogens is 4. The average molecular weight is 216 g/mol. The third-order valence-electron chi connectivity index (χ3n) is 2.36. The van der Waals surface area contributed by atoms with E-state index in [0.717, 1.165) is 0 Å². The van der Waals surface area contributed by atoms with Gasteiger partial charge in [0.2, 0.25) is 0 Å². The van der Waals surface area contributed by atoms with E-state index in [4.69, 9.17) is 4.42 Å². The molecule has 16 heavy (non-hydrogen) atoms. The van der Waals surface area contributed by atoms with E-state index in [1.54, 1.807) is 30.0 Å². The Hall–Kier alpha value is -2.37. The molecule has 0 unspecified atom stereocenters. The number of hydrogen-bond acceptors (Lipinski definition) is 4. The van der Waals surface area contributed by atoms with Crippen LogP contribution in [0.1, 0.15) is 0 Å². The van der Waals surface area contributed by atoms with Crippen molar-refractivity contribution < 1.29 is 4.42 Å². The van der Waals surface area contributed by atoms with Crippen molar-refractivity contribution >= 4 is 11.3 Å². The quantitative estimate of drug-likeness (QED) is 0.656. The first-order valence-corrected chi connectivity index (χ1v) is 4.71. The van der Waals surface area contributed by atoms with Gasteiger partial charge in [0, 0.05) is 7.05 Å². The molecule has 0 aliphatic heterocycles. The molecule has 3 aromatic heterocycles. The molecule has 80 valence electrons. The molecule has 0 atom stereocenters. The molecule has 0 aromatic carbocycles. The van der Waals surface area contributed by atoms with Gasteiger partial charge in [0.25, 0.3) is 5.56 Å². The second-order valence-electron chi connectivity index (χ2n) is 3.39. The molecule has 0 fully saturated rings. The number of rotatable bonds is 1. The minimum atomic E-state index is -0.249. The molecule has 6 heteroatoms. The fourth-order valence-corrected chi connectivity index (χ4v) is 1.61. The van der Waals surface area contributed by atoms with Crippen molar-refractivity contribution in [2.45, 2.75) is 0 Å². The Bertz CT molecular complexity index is 693. The van der Waals surface area contributed by atoms with Gasteiger partial charge in [-0.15, -0.1) is 0 Å². The van der Waals surface area contributed by atoms with Gasteiger partial charge < -0.3 is 14.0 Å². The summed E-state index contributed by atoms with van der Waals surface area (Å²) in [5.41, 5.74) is 0.828. The molecule has 3 heterocycles. The normalized spacial score (nSPS) is 11.1. The summed E-state index contributed by atoms with van der Waals surface area (Å²) in [6, 6.07) is 3.59. The first-order valence-electron chi connectivity index (χ1n) is 4.71. The lowest BCUT2D eigenvalue weighted by Gasteiger charge is -1.96. The Morgan fingerprint density at radius 1 is 1.50 bits per heavy atom. The van der Waals surface area contributed by atoms with Gasteiger partial charge in [0.05, 0.1) is 12.5 Å². The van der Waals surface area contributed by atoms with Crippen LogP contribution in [-0.2, 0) is 7.05 Å². The van der Waals surface area contributed by atoms with Crippen LogP contribution >= 0.6 is 0 Å². The number of fused-ring (bicyclic) bond motifs is 1. The van der Waals surface area contributed by atoms with Crippen LogP contribution in [0.2, 0.25) is 0 Å². The summed E-state index contributed by atoms with van der Waals surface area (Å²) in [5, 5.41) is 0. The number of hydrogen-bond donors (Lipinski definition) is 1. The topological polar surface area (TPSA) is 76.7 Å². The van der Waals surface area contributed by atoms with E-state index in [2.05, 4.69) is 15.0 Å². The van der Waals surface area contributed by atoms with Crippen LogP contribution in [0.15, 0.2) is 33.8 Å². The largest absolute Gasteiger partial charge is 0.461 e. The molecule has 0 saturated heterocycles. The summed E-state index contributed by atoms with van der Waals surface area (Å²) in [6.45, 7) is 0. The molecule has 3 rings (SSSR count). The molecular formula is C10H8N4O2. The summed E-state index contributed by atoms with van der Waals surface area (Å²) in [6.07, 6.45) is 2.78. The number of imidazole rings is 1. The van der Waals surface area contributed by atoms with E-state index in [9.17, 15) is 4.79 Å². The van der Waals surface area contributed by atoms with Crippen molar-refractivity contribution in [1.82, 2.24) is 19.5 Å². The van der Waals surface area contributed by atoms with Crippen molar-refractivity contribution in [3.8, 4) is 11.6 Å². The maximum absolute atomic E-state index is 11.1. The molecule has 3 aromatic rings. The highest BCUT2D eigenvalue weighted by molar-refractivity contribution is 5.71. The molecule has 0 saturated carbocycles. The number of H-pyrrole nitrogens is 1. The number of nitrogens with one attached hydrogen (secondary N) is 1. The lowest BCUT2D eigenvalue weighted by Crippen LogP contribution is -2.06. The van der Waals surface area contributed by atoms with Gasteiger partial charge in [-0.3, -0.25) is 4.79 Å². The highest BCUT2D eigenvalue weighted by atomic mass is 16.3. The third kappa shape index (κ3) is 1.16. The van der Waals surface area contributed by atoms with Crippen LogP contribution in [-0.4, -0.2) is 19.5 Å². The fraction of sp³-hybridized carbons (Fsp3) is 0.100. The maximum atomic E-state index is 11.1. The second kappa shape index (κ2) is 3.06. The maximum Gasteiger partial charge on any atom is 0.268 e. The van der Waals surface area contributed by atoms with Crippen molar-refractivity contribution in [3.05, 3.63) is 34.9 Å². The van der Waals surface area contributed by atoms with Crippen molar-refractivity contribution in [2.75, 3.05) is 0 Å². The number of aromatic amines is 1. The van der Waals surface area contributed by atoms with Crippen LogP contribution in [0, 0.1) is 0 Å². The van der Waals surface area contributed by atoms with Crippen molar-refractivity contribution in [2.24, 2.45) is 7.05 Å². The van der Waals surface area contributed by atoms with Gasteiger partial charge >= 0.3 is 0 Å². The van der Waals surface area contributed by atoms with Gasteiger partial charge in [-0.05, 0) is 12.1 Å². The molecule has 0 bridgehead atoms. The minimum absolute atomic E-state index is 0.249. The van der Waals surface area contributed by atoms with E-state index in [-0.39, 0.29) is 5.56 Å². The Balaban J connectivity index is 2.36. The Kier molecular flexibility index (Phi) is 1.70. The fourth-order valence-electron chi connectivity index (χ4n) is 1.61. The average Bonchev–Trinajstić information content (AvgIpc) is 2.87. The second-order valence-corrected chi connectivity index (χ2v) is 3.39. The SMILES string of the molecule is Cn1c(-c2ccco2)nc2ncc(=O)[nH]c21. The van der Waals surface area contributed by atoms with Gasteiger partial charge in [-0.25, -0.2) is 9.97 Å². The lowest BCUT2D eigenvalue weighted by atomic mass is 10.4. The Morgan fingerprint density at radius 3 is 3.12 bits per heavy atom. The molecular weight excluding hydrogens is 208 g/mol. The molecule has 0 amide bonds. The van der Waals surface area contributed by atoms with Crippen LogP contribution in [0.4, 0.5) is 0 Å². The highest BCUT2D eigenvalue weighted by Crippen LogP contribution is 2.20. The van der Waals surface area contributed by atoms with Gasteiger partial charge in [-0.1, -0.05) is 0 Å². The van der Waals surface area contributed by atoms with Crippen LogP contribution in [0.5, 0.6) is 0 Å². The molecule has 6 nitrogen and oxygen atoms in total. The van der Waals surface area contributed by atoms with E-state index >= 15 is 0 Å². The van der Waals surface area contributed by atoms with E-state index < -0.39 is 0 Å². The van der Waals surface area contributed by atoms with Gasteiger partial charge in [0.15, 0.2) is 22.9 Å². The van der Waals surface area contributed by atoms with Crippen molar-refractivity contribution in [3.63, 3.8) is 0 Å². The van der Waals surface area contributed by atoms with Crippen LogP contribution in [0.3, 0.4) is 0 Å². The van der Waals surface area contributed by atoms with Crippen molar-refractivity contribution in [1.29, 1.82) is 0 Å². The molecule has 0 radical (unpaired) electrons. The predicted molar refractivity (Wildman–Crippen MR) is 56.8 cm³/mol. The third-order valence-corrected chi connectivity index (χ3v) is 2.36. The lowest BCUT2D eigenvalue weighted by molar-refractivity contribution is 0.574. The summed E-state index contributed by atoms with van der Waals surface area (Å²) in [4.78, 5) is 22.1. The highest BCUT2D eigenvalue weighted by Gasteiger charge is 2.12. The summed E-state index contributed by atoms with van der Waals surface area (Å²) in [7, 11) is 1.80. The summed E-state index contributed by atoms with van der Waals surface area (Å²) in [5.74, 6) is 1.27. The summed E-state index contributed by atoms with van der Waals surface area (Å²) < 4.78 is 7.00. The number of furan rings is 1. The van der Waals surface area contributed by atoms with E-state index in [1.165, 1.54) is 6.20 Å². The first-order chi connectivity index (χ1) is 7.75. The molecule has 0 aliphatic carbocycles. The predicted octanol–water partition coefficient (Wildman–Crippen LogP) is 0.917. The molecule has 0 aliphatic rings. The monoisotopic (exact) mass is 216 g/mol. The number of nitrogens with zero attached hydrogens (tertiary/aromatic N) is 3. The van der Waals surface area contributed by atoms with Crippen LogP contribution in [0.25, 0.3) is 22.9 Å². The van der Waals surface area contributed by atoms with E-state index in [1.807, 2.05) is 0 Å². The minimum Gasteiger partial charge on any atom is -0.461 e.